The molecule has 8 nitrogen and oxygen atoms in total. The summed E-state index contributed by atoms with van der Waals surface area (Å²) >= 11 is 0. The van der Waals surface area contributed by atoms with Gasteiger partial charge in [-0.3, -0.25) is 9.69 Å². The lowest BCUT2D eigenvalue weighted by atomic mass is 9.93. The molecule has 2 fully saturated rings. The van der Waals surface area contributed by atoms with Gasteiger partial charge in [0, 0.05) is 56.0 Å². The SMILES string of the molecule is CCc1nc2cc(C)ccc2n1C1CCN(C(=O)C2CCN(Cc3cnc(N)nc3)CC2)CC1. The van der Waals surface area contributed by atoms with Crippen molar-refractivity contribution in [2.75, 3.05) is 31.9 Å². The van der Waals surface area contributed by atoms with Crippen molar-refractivity contribution in [3.63, 3.8) is 0 Å². The van der Waals surface area contributed by atoms with Crippen molar-refractivity contribution in [3.8, 4) is 0 Å². The van der Waals surface area contributed by atoms with Crippen LogP contribution in [0.3, 0.4) is 0 Å². The molecule has 2 saturated heterocycles. The zero-order chi connectivity index (χ0) is 23.7. The van der Waals surface area contributed by atoms with Gasteiger partial charge in [0.2, 0.25) is 11.9 Å². The van der Waals surface area contributed by atoms with Gasteiger partial charge in [-0.05, 0) is 63.4 Å². The molecule has 1 amide bonds. The molecule has 3 aromatic rings. The molecule has 180 valence electrons. The normalized spacial score (nSPS) is 18.6. The number of hydrogen-bond acceptors (Lipinski definition) is 6. The zero-order valence-corrected chi connectivity index (χ0v) is 20.3. The van der Waals surface area contributed by atoms with Crippen molar-refractivity contribution >= 4 is 22.9 Å². The number of imidazole rings is 1. The molecule has 2 aliphatic rings. The van der Waals surface area contributed by atoms with Crippen molar-refractivity contribution < 1.29 is 4.79 Å². The second kappa shape index (κ2) is 9.70. The average Bonchev–Trinajstić information content (AvgIpc) is 3.23. The van der Waals surface area contributed by atoms with Gasteiger partial charge in [0.05, 0.1) is 11.0 Å². The van der Waals surface area contributed by atoms with Crippen LogP contribution in [0.25, 0.3) is 11.0 Å². The molecule has 0 unspecified atom stereocenters. The van der Waals surface area contributed by atoms with E-state index in [1.165, 1.54) is 11.1 Å². The number of fused-ring (bicyclic) bond motifs is 1. The van der Waals surface area contributed by atoms with Gasteiger partial charge in [-0.25, -0.2) is 15.0 Å². The Morgan fingerprint density at radius 1 is 1.06 bits per heavy atom. The smallest absolute Gasteiger partial charge is 0.225 e. The molecular weight excluding hydrogens is 426 g/mol. The number of benzene rings is 1. The highest BCUT2D eigenvalue weighted by Gasteiger charge is 2.32. The van der Waals surface area contributed by atoms with Crippen molar-refractivity contribution in [1.82, 2.24) is 29.3 Å². The Morgan fingerprint density at radius 3 is 2.44 bits per heavy atom. The van der Waals surface area contributed by atoms with Crippen LogP contribution < -0.4 is 5.73 Å². The summed E-state index contributed by atoms with van der Waals surface area (Å²) in [6.07, 6.45) is 8.33. The molecule has 34 heavy (non-hydrogen) atoms. The Hall–Kier alpha value is -3.00. The Bertz CT molecular complexity index is 1140. The fraction of sp³-hybridized carbons (Fsp3) is 0.538. The Kier molecular flexibility index (Phi) is 6.50. The van der Waals surface area contributed by atoms with E-state index in [1.54, 1.807) is 12.4 Å². The maximum absolute atomic E-state index is 13.3. The molecule has 8 heteroatoms. The van der Waals surface area contributed by atoms with E-state index in [0.717, 1.165) is 81.7 Å². The maximum Gasteiger partial charge on any atom is 0.225 e. The fourth-order valence-electron chi connectivity index (χ4n) is 5.56. The number of nitrogens with zero attached hydrogens (tertiary/aromatic N) is 6. The van der Waals surface area contributed by atoms with E-state index in [1.807, 2.05) is 0 Å². The monoisotopic (exact) mass is 461 g/mol. The van der Waals surface area contributed by atoms with E-state index < -0.39 is 0 Å². The minimum absolute atomic E-state index is 0.138. The number of aryl methyl sites for hydroxylation is 2. The number of carbonyl (C=O) groups excluding carboxylic acids is 1. The number of rotatable bonds is 5. The standard InChI is InChI=1S/C26H35N7O/c1-3-24-30-22-14-18(2)4-5-23(22)33(24)21-8-12-32(13-9-21)25(34)20-6-10-31(11-7-20)17-19-15-28-26(27)29-16-19/h4-5,14-16,20-21H,3,6-13,17H2,1-2H3,(H2,27,28,29). The van der Waals surface area contributed by atoms with Crippen molar-refractivity contribution in [2.24, 2.45) is 5.92 Å². The molecular formula is C26H35N7O. The van der Waals surface area contributed by atoms with E-state index in [9.17, 15) is 4.79 Å². The summed E-state index contributed by atoms with van der Waals surface area (Å²) in [5.74, 6) is 1.94. The van der Waals surface area contributed by atoms with Crippen LogP contribution in [-0.2, 0) is 17.8 Å². The molecule has 2 aliphatic heterocycles. The van der Waals surface area contributed by atoms with Crippen molar-refractivity contribution in [1.29, 1.82) is 0 Å². The second-order valence-electron chi connectivity index (χ2n) is 9.80. The van der Waals surface area contributed by atoms with Gasteiger partial charge in [-0.2, -0.15) is 0 Å². The summed E-state index contributed by atoms with van der Waals surface area (Å²) in [5.41, 5.74) is 10.2. The fourth-order valence-corrected chi connectivity index (χ4v) is 5.56. The van der Waals surface area contributed by atoms with Crippen LogP contribution in [0.1, 0.15) is 55.6 Å². The van der Waals surface area contributed by atoms with Crippen LogP contribution in [0.15, 0.2) is 30.6 Å². The molecule has 0 spiro atoms. The number of hydrogen-bond donors (Lipinski definition) is 1. The minimum Gasteiger partial charge on any atom is -0.368 e. The molecule has 2 aromatic heterocycles. The first-order valence-electron chi connectivity index (χ1n) is 12.6. The summed E-state index contributed by atoms with van der Waals surface area (Å²) in [5, 5.41) is 0. The number of amides is 1. The van der Waals surface area contributed by atoms with E-state index >= 15 is 0 Å². The highest BCUT2D eigenvalue weighted by molar-refractivity contribution is 5.79. The second-order valence-corrected chi connectivity index (χ2v) is 9.80. The summed E-state index contributed by atoms with van der Waals surface area (Å²) in [6.45, 7) is 8.63. The van der Waals surface area contributed by atoms with Crippen molar-refractivity contribution in [2.45, 2.75) is 58.5 Å². The van der Waals surface area contributed by atoms with Gasteiger partial charge >= 0.3 is 0 Å². The minimum atomic E-state index is 0.138. The number of aromatic nitrogens is 4. The van der Waals surface area contributed by atoms with E-state index in [4.69, 9.17) is 10.7 Å². The van der Waals surface area contributed by atoms with Crippen LogP contribution in [0, 0.1) is 12.8 Å². The summed E-state index contributed by atoms with van der Waals surface area (Å²) in [6, 6.07) is 6.97. The van der Waals surface area contributed by atoms with Crippen LogP contribution >= 0.6 is 0 Å². The van der Waals surface area contributed by atoms with Gasteiger partial charge in [-0.1, -0.05) is 13.0 Å². The third-order valence-electron chi connectivity index (χ3n) is 7.44. The van der Waals surface area contributed by atoms with Crippen molar-refractivity contribution in [3.05, 3.63) is 47.5 Å². The molecule has 0 atom stereocenters. The number of anilines is 1. The van der Waals surface area contributed by atoms with E-state index in [0.29, 0.717) is 17.9 Å². The Labute approximate surface area is 201 Å². The van der Waals surface area contributed by atoms with Crippen LogP contribution in [-0.4, -0.2) is 61.4 Å². The van der Waals surface area contributed by atoms with Crippen LogP contribution in [0.2, 0.25) is 0 Å². The topological polar surface area (TPSA) is 93.2 Å². The highest BCUT2D eigenvalue weighted by Crippen LogP contribution is 2.31. The summed E-state index contributed by atoms with van der Waals surface area (Å²) in [7, 11) is 0. The molecule has 0 saturated carbocycles. The predicted octanol–water partition coefficient (Wildman–Crippen LogP) is 3.36. The zero-order valence-electron chi connectivity index (χ0n) is 20.3. The quantitative estimate of drug-likeness (QED) is 0.626. The third kappa shape index (κ3) is 4.64. The van der Waals surface area contributed by atoms with Gasteiger partial charge in [-0.15, -0.1) is 0 Å². The summed E-state index contributed by atoms with van der Waals surface area (Å²) in [4.78, 5) is 30.8. The lowest BCUT2D eigenvalue weighted by Crippen LogP contribution is -2.45. The van der Waals surface area contributed by atoms with Crippen LogP contribution in [0.4, 0.5) is 5.95 Å². The van der Waals surface area contributed by atoms with Gasteiger partial charge in [0.1, 0.15) is 5.82 Å². The maximum atomic E-state index is 13.3. The lowest BCUT2D eigenvalue weighted by molar-refractivity contribution is -0.138. The molecule has 5 rings (SSSR count). The molecule has 1 aromatic carbocycles. The largest absolute Gasteiger partial charge is 0.368 e. The summed E-state index contributed by atoms with van der Waals surface area (Å²) < 4.78 is 2.44. The van der Waals surface area contributed by atoms with E-state index in [-0.39, 0.29) is 5.92 Å². The lowest BCUT2D eigenvalue weighted by Gasteiger charge is -2.38. The molecule has 4 heterocycles. The average molecular weight is 462 g/mol. The van der Waals surface area contributed by atoms with Gasteiger partial charge in [0.15, 0.2) is 0 Å². The molecule has 0 radical (unpaired) electrons. The number of likely N-dealkylation sites (tertiary alicyclic amines) is 2. The Balaban J connectivity index is 1.16. The Morgan fingerprint density at radius 2 is 1.76 bits per heavy atom. The van der Waals surface area contributed by atoms with Gasteiger partial charge in [0.25, 0.3) is 0 Å². The van der Waals surface area contributed by atoms with Gasteiger partial charge < -0.3 is 15.2 Å². The van der Waals surface area contributed by atoms with E-state index in [2.05, 4.69) is 56.4 Å². The molecule has 0 bridgehead atoms. The third-order valence-corrected chi connectivity index (χ3v) is 7.44. The number of piperidine rings is 2. The first-order chi connectivity index (χ1) is 16.5. The first kappa shape index (κ1) is 22.8. The number of carbonyl (C=O) groups is 1. The predicted molar refractivity (Wildman–Crippen MR) is 133 cm³/mol. The highest BCUT2D eigenvalue weighted by atomic mass is 16.2. The number of nitrogens with two attached hydrogens (primary N) is 1. The van der Waals surface area contributed by atoms with Crippen LogP contribution in [0.5, 0.6) is 0 Å². The first-order valence-corrected chi connectivity index (χ1v) is 12.6. The number of nitrogen functional groups attached to an aromatic ring is 1. The molecule has 2 N–H and O–H groups in total. The molecule has 0 aliphatic carbocycles.